The second kappa shape index (κ2) is 12.9. The predicted octanol–water partition coefficient (Wildman–Crippen LogP) is 15.6. The fourth-order valence-electron chi connectivity index (χ4n) is 8.23. The smallest absolute Gasteiger partial charge is 0.143 e. The van der Waals surface area contributed by atoms with E-state index in [1.807, 2.05) is 11.3 Å². The van der Waals surface area contributed by atoms with Crippen molar-refractivity contribution < 1.29 is 4.42 Å². The number of rotatable bonds is 6. The van der Waals surface area contributed by atoms with Gasteiger partial charge in [-0.25, -0.2) is 0 Å². The minimum atomic E-state index is 0.903. The van der Waals surface area contributed by atoms with E-state index in [9.17, 15) is 0 Å². The van der Waals surface area contributed by atoms with Crippen LogP contribution in [0.3, 0.4) is 0 Å². The van der Waals surface area contributed by atoms with E-state index >= 15 is 0 Å². The van der Waals surface area contributed by atoms with Crippen LogP contribution >= 0.6 is 11.3 Å². The zero-order chi connectivity index (χ0) is 36.3. The fourth-order valence-corrected chi connectivity index (χ4v) is 9.44. The largest absolute Gasteiger partial charge is 0.455 e. The molecular weight excluding hydrogens is 687 g/mol. The van der Waals surface area contributed by atoms with Gasteiger partial charge in [0.15, 0.2) is 0 Å². The quantitative estimate of drug-likeness (QED) is 0.170. The van der Waals surface area contributed by atoms with Crippen molar-refractivity contribution in [1.29, 1.82) is 0 Å². The predicted molar refractivity (Wildman–Crippen MR) is 235 cm³/mol. The number of furan rings is 1. The molecule has 0 bridgehead atoms. The molecule has 11 rings (SSSR count). The Morgan fingerprint density at radius 3 is 1.82 bits per heavy atom. The monoisotopic (exact) mass is 719 g/mol. The van der Waals surface area contributed by atoms with Crippen LogP contribution in [0.1, 0.15) is 0 Å². The maximum Gasteiger partial charge on any atom is 0.143 e. The van der Waals surface area contributed by atoms with Gasteiger partial charge in [0.2, 0.25) is 0 Å². The molecule has 0 atom stereocenters. The van der Waals surface area contributed by atoms with Gasteiger partial charge >= 0.3 is 0 Å². The van der Waals surface area contributed by atoms with Gasteiger partial charge in [-0.1, -0.05) is 146 Å². The topological polar surface area (TPSA) is 16.4 Å². The van der Waals surface area contributed by atoms with E-state index in [1.165, 1.54) is 59.1 Å². The van der Waals surface area contributed by atoms with Gasteiger partial charge in [0.25, 0.3) is 0 Å². The van der Waals surface area contributed by atoms with Crippen molar-refractivity contribution in [1.82, 2.24) is 0 Å². The minimum absolute atomic E-state index is 0.903. The first kappa shape index (κ1) is 31.6. The highest BCUT2D eigenvalue weighted by atomic mass is 32.1. The van der Waals surface area contributed by atoms with Gasteiger partial charge in [0, 0.05) is 43.0 Å². The van der Waals surface area contributed by atoms with E-state index in [-0.39, 0.29) is 0 Å². The number of hydrogen-bond acceptors (Lipinski definition) is 3. The molecule has 0 spiro atoms. The van der Waals surface area contributed by atoms with E-state index in [2.05, 4.69) is 205 Å². The molecule has 9 aromatic carbocycles. The molecule has 0 saturated carbocycles. The average molecular weight is 720 g/mol. The van der Waals surface area contributed by atoms with Gasteiger partial charge in [-0.15, -0.1) is 11.3 Å². The summed E-state index contributed by atoms with van der Waals surface area (Å²) in [5.74, 6) is 0. The third kappa shape index (κ3) is 5.32. The van der Waals surface area contributed by atoms with Crippen molar-refractivity contribution in [2.75, 3.05) is 4.90 Å². The van der Waals surface area contributed by atoms with Crippen LogP contribution in [-0.2, 0) is 0 Å². The molecule has 55 heavy (non-hydrogen) atoms. The maximum atomic E-state index is 6.53. The van der Waals surface area contributed by atoms with Crippen LogP contribution in [0.5, 0.6) is 0 Å². The molecule has 0 aliphatic carbocycles. The van der Waals surface area contributed by atoms with Crippen LogP contribution in [0.15, 0.2) is 205 Å². The summed E-state index contributed by atoms with van der Waals surface area (Å²) in [6, 6.07) is 72.1. The maximum absolute atomic E-state index is 6.53. The summed E-state index contributed by atoms with van der Waals surface area (Å²) in [5, 5.41) is 7.18. The van der Waals surface area contributed by atoms with E-state index in [0.717, 1.165) is 44.3 Å². The Labute approximate surface area is 322 Å². The molecule has 0 amide bonds. The number of fused-ring (bicyclic) bond motifs is 8. The standard InChI is InChI=1S/C52H33NOS/c1-2-11-34(12-3-1)38-14-8-15-39(33-38)35-23-28-40(29-24-35)53(47-20-9-19-45-44-17-6-7-22-49(44)55-52(45)47)41-30-25-37(26-31-41)42-18-10-21-48-50(42)46-32-27-36-13-4-5-16-43(36)51(46)54-48/h1-33H. The molecule has 0 N–H and O–H groups in total. The van der Waals surface area contributed by atoms with Crippen LogP contribution in [0, 0.1) is 0 Å². The minimum Gasteiger partial charge on any atom is -0.455 e. The van der Waals surface area contributed by atoms with Gasteiger partial charge in [0.05, 0.1) is 10.4 Å². The zero-order valence-electron chi connectivity index (χ0n) is 29.8. The number of hydrogen-bond donors (Lipinski definition) is 0. The number of thiophene rings is 1. The summed E-state index contributed by atoms with van der Waals surface area (Å²) in [6.07, 6.45) is 0. The lowest BCUT2D eigenvalue weighted by Crippen LogP contribution is -2.10. The average Bonchev–Trinajstić information content (AvgIpc) is 3.84. The summed E-state index contributed by atoms with van der Waals surface area (Å²) >= 11 is 1.86. The Kier molecular flexibility index (Phi) is 7.39. The van der Waals surface area contributed by atoms with Gasteiger partial charge < -0.3 is 9.32 Å². The molecule has 0 aliphatic rings. The van der Waals surface area contributed by atoms with Crippen LogP contribution in [-0.4, -0.2) is 0 Å². The SMILES string of the molecule is c1ccc(-c2cccc(-c3ccc(N(c4ccc(-c5cccc6oc7c8ccccc8ccc7c56)cc4)c4cccc5c4sc4ccccc45)cc3)c2)cc1. The first-order chi connectivity index (χ1) is 27.3. The molecule has 0 unspecified atom stereocenters. The molecule has 11 aromatic rings. The van der Waals surface area contributed by atoms with Crippen LogP contribution < -0.4 is 4.90 Å². The molecule has 2 aromatic heterocycles. The van der Waals surface area contributed by atoms with Crippen molar-refractivity contribution >= 4 is 81.3 Å². The Hall–Kier alpha value is -6.94. The molecular formula is C52H33NOS. The van der Waals surface area contributed by atoms with Gasteiger partial charge in [0.1, 0.15) is 11.2 Å². The van der Waals surface area contributed by atoms with Crippen molar-refractivity contribution in [2.24, 2.45) is 0 Å². The second-order valence-electron chi connectivity index (χ2n) is 14.1. The third-order valence-corrected chi connectivity index (χ3v) is 12.1. The summed E-state index contributed by atoms with van der Waals surface area (Å²) < 4.78 is 9.10. The molecule has 0 fully saturated rings. The highest BCUT2D eigenvalue weighted by Gasteiger charge is 2.20. The second-order valence-corrected chi connectivity index (χ2v) is 15.1. The lowest BCUT2D eigenvalue weighted by molar-refractivity contribution is 0.673. The molecule has 3 heteroatoms. The van der Waals surface area contributed by atoms with E-state index in [1.54, 1.807) is 0 Å². The summed E-state index contributed by atoms with van der Waals surface area (Å²) in [7, 11) is 0. The third-order valence-electron chi connectivity index (χ3n) is 10.9. The molecule has 0 aliphatic heterocycles. The van der Waals surface area contributed by atoms with E-state index in [4.69, 9.17) is 4.42 Å². The summed E-state index contributed by atoms with van der Waals surface area (Å²) in [4.78, 5) is 2.41. The molecule has 0 saturated heterocycles. The Balaban J connectivity index is 1.03. The highest BCUT2D eigenvalue weighted by Crippen LogP contribution is 2.46. The Morgan fingerprint density at radius 1 is 0.400 bits per heavy atom. The number of nitrogens with zero attached hydrogens (tertiary/aromatic N) is 1. The number of anilines is 3. The Morgan fingerprint density at radius 2 is 1.02 bits per heavy atom. The van der Waals surface area contributed by atoms with Crippen molar-refractivity contribution in [3.8, 4) is 33.4 Å². The zero-order valence-corrected chi connectivity index (χ0v) is 30.6. The first-order valence-corrected chi connectivity index (χ1v) is 19.5. The van der Waals surface area contributed by atoms with E-state index < -0.39 is 0 Å². The van der Waals surface area contributed by atoms with Gasteiger partial charge in [-0.2, -0.15) is 0 Å². The van der Waals surface area contributed by atoms with Crippen LogP contribution in [0.25, 0.3) is 86.3 Å². The van der Waals surface area contributed by atoms with Crippen molar-refractivity contribution in [3.63, 3.8) is 0 Å². The molecule has 2 heterocycles. The summed E-state index contributed by atoms with van der Waals surface area (Å²) in [6.45, 7) is 0. The van der Waals surface area contributed by atoms with E-state index in [0.29, 0.717) is 0 Å². The lowest BCUT2D eigenvalue weighted by Gasteiger charge is -2.26. The fraction of sp³-hybridized carbons (Fsp3) is 0. The normalized spacial score (nSPS) is 11.6. The van der Waals surface area contributed by atoms with Crippen LogP contribution in [0.4, 0.5) is 17.1 Å². The molecule has 0 radical (unpaired) electrons. The highest BCUT2D eigenvalue weighted by molar-refractivity contribution is 7.26. The van der Waals surface area contributed by atoms with Crippen LogP contribution in [0.2, 0.25) is 0 Å². The van der Waals surface area contributed by atoms with Crippen molar-refractivity contribution in [3.05, 3.63) is 200 Å². The van der Waals surface area contributed by atoms with Gasteiger partial charge in [-0.3, -0.25) is 0 Å². The molecule has 258 valence electrons. The van der Waals surface area contributed by atoms with Gasteiger partial charge in [-0.05, 0) is 93.4 Å². The first-order valence-electron chi connectivity index (χ1n) is 18.7. The summed E-state index contributed by atoms with van der Waals surface area (Å²) in [5.41, 5.74) is 12.4. The molecule has 2 nitrogen and oxygen atoms in total. The number of benzene rings is 9. The Bertz CT molecular complexity index is 3190. The van der Waals surface area contributed by atoms with Crippen molar-refractivity contribution in [2.45, 2.75) is 0 Å². The lowest BCUT2D eigenvalue weighted by atomic mass is 9.97.